The van der Waals surface area contributed by atoms with Gasteiger partial charge in [-0.15, -0.1) is 0 Å². The number of anilines is 1. The fourth-order valence-electron chi connectivity index (χ4n) is 2.70. The molecule has 0 atom stereocenters. The second-order valence-corrected chi connectivity index (χ2v) is 5.60. The lowest BCUT2D eigenvalue weighted by atomic mass is 10.1. The van der Waals surface area contributed by atoms with Crippen LogP contribution >= 0.6 is 0 Å². The van der Waals surface area contributed by atoms with Crippen molar-refractivity contribution in [3.05, 3.63) is 23.8 Å². The number of ether oxygens (including phenoxy) is 1. The topological polar surface area (TPSA) is 15.7 Å². The van der Waals surface area contributed by atoms with Crippen LogP contribution in [-0.2, 0) is 6.42 Å². The van der Waals surface area contributed by atoms with Crippen LogP contribution in [0.2, 0.25) is 0 Å². The first-order valence-electron chi connectivity index (χ1n) is 7.27. The molecule has 0 radical (unpaired) electrons. The predicted molar refractivity (Wildman–Crippen MR) is 81.3 cm³/mol. The van der Waals surface area contributed by atoms with Gasteiger partial charge in [-0.25, -0.2) is 0 Å². The molecule has 3 nitrogen and oxygen atoms in total. The Balaban J connectivity index is 2.03. The van der Waals surface area contributed by atoms with E-state index in [1.54, 1.807) is 7.11 Å². The Morgan fingerprint density at radius 3 is 2.58 bits per heavy atom. The molecule has 1 aliphatic rings. The number of methoxy groups -OCH3 is 1. The van der Waals surface area contributed by atoms with Crippen molar-refractivity contribution in [3.63, 3.8) is 0 Å². The highest BCUT2D eigenvalue weighted by atomic mass is 16.5. The maximum Gasteiger partial charge on any atom is 0.124 e. The standard InChI is InChI=1S/C16H26N2O/c1-17(2)10-6-7-14-8-9-15(13-16(14)19-3)18-11-4-5-12-18/h8-9,13H,4-7,10-12H2,1-3H3. The summed E-state index contributed by atoms with van der Waals surface area (Å²) in [5.74, 6) is 1.04. The van der Waals surface area contributed by atoms with Gasteiger partial charge in [-0.2, -0.15) is 0 Å². The van der Waals surface area contributed by atoms with Crippen molar-refractivity contribution < 1.29 is 4.74 Å². The minimum Gasteiger partial charge on any atom is -0.496 e. The molecule has 0 saturated carbocycles. The van der Waals surface area contributed by atoms with Gasteiger partial charge in [0.05, 0.1) is 7.11 Å². The van der Waals surface area contributed by atoms with E-state index in [0.29, 0.717) is 0 Å². The smallest absolute Gasteiger partial charge is 0.124 e. The first-order chi connectivity index (χ1) is 9.20. The number of benzene rings is 1. The Bertz CT molecular complexity index is 398. The molecule has 0 aromatic heterocycles. The van der Waals surface area contributed by atoms with Crippen LogP contribution in [0.3, 0.4) is 0 Å². The molecule has 1 aromatic rings. The highest BCUT2D eigenvalue weighted by molar-refractivity contribution is 5.54. The Morgan fingerprint density at radius 1 is 1.21 bits per heavy atom. The molecule has 19 heavy (non-hydrogen) atoms. The van der Waals surface area contributed by atoms with Crippen molar-refractivity contribution in [1.29, 1.82) is 0 Å². The maximum atomic E-state index is 5.56. The van der Waals surface area contributed by atoms with Gasteiger partial charge < -0.3 is 14.5 Å². The van der Waals surface area contributed by atoms with Crippen molar-refractivity contribution in [1.82, 2.24) is 4.90 Å². The molecule has 3 heteroatoms. The number of rotatable bonds is 6. The molecule has 0 unspecified atom stereocenters. The van der Waals surface area contributed by atoms with Crippen LogP contribution in [0.25, 0.3) is 0 Å². The third-order valence-electron chi connectivity index (χ3n) is 3.79. The summed E-state index contributed by atoms with van der Waals surface area (Å²) in [6.45, 7) is 3.49. The SMILES string of the molecule is COc1cc(N2CCCC2)ccc1CCCN(C)C. The average molecular weight is 262 g/mol. The van der Waals surface area contributed by atoms with Gasteiger partial charge in [-0.1, -0.05) is 6.07 Å². The summed E-state index contributed by atoms with van der Waals surface area (Å²) in [7, 11) is 6.01. The van der Waals surface area contributed by atoms with Gasteiger partial charge in [0, 0.05) is 24.8 Å². The van der Waals surface area contributed by atoms with Crippen LogP contribution < -0.4 is 9.64 Å². The van der Waals surface area contributed by atoms with Gasteiger partial charge in [-0.3, -0.25) is 0 Å². The third kappa shape index (κ3) is 3.87. The van der Waals surface area contributed by atoms with E-state index in [1.165, 1.54) is 43.6 Å². The number of hydrogen-bond acceptors (Lipinski definition) is 3. The van der Waals surface area contributed by atoms with Gasteiger partial charge in [0.2, 0.25) is 0 Å². The van der Waals surface area contributed by atoms with Crippen molar-refractivity contribution in [2.24, 2.45) is 0 Å². The first kappa shape index (κ1) is 14.2. The highest BCUT2D eigenvalue weighted by Crippen LogP contribution is 2.28. The number of hydrogen-bond donors (Lipinski definition) is 0. The first-order valence-corrected chi connectivity index (χ1v) is 7.27. The summed E-state index contributed by atoms with van der Waals surface area (Å²) < 4.78 is 5.56. The number of nitrogens with zero attached hydrogens (tertiary/aromatic N) is 2. The van der Waals surface area contributed by atoms with E-state index in [0.717, 1.165) is 18.7 Å². The summed E-state index contributed by atoms with van der Waals surface area (Å²) in [5, 5.41) is 0. The largest absolute Gasteiger partial charge is 0.496 e. The fraction of sp³-hybridized carbons (Fsp3) is 0.625. The molecular formula is C16H26N2O. The zero-order valence-corrected chi connectivity index (χ0v) is 12.5. The minimum atomic E-state index is 1.04. The van der Waals surface area contributed by atoms with E-state index < -0.39 is 0 Å². The molecule has 1 aromatic carbocycles. The Hall–Kier alpha value is -1.22. The van der Waals surface area contributed by atoms with E-state index in [9.17, 15) is 0 Å². The molecule has 0 N–H and O–H groups in total. The van der Waals surface area contributed by atoms with Gasteiger partial charge in [0.1, 0.15) is 5.75 Å². The second kappa shape index (κ2) is 6.80. The van der Waals surface area contributed by atoms with Crippen LogP contribution in [0, 0.1) is 0 Å². The van der Waals surface area contributed by atoms with E-state index in [2.05, 4.69) is 42.1 Å². The molecule has 0 amide bonds. The van der Waals surface area contributed by atoms with Crippen molar-refractivity contribution in [3.8, 4) is 5.75 Å². The van der Waals surface area contributed by atoms with Crippen LogP contribution in [-0.4, -0.2) is 45.7 Å². The molecule has 2 rings (SSSR count). The van der Waals surface area contributed by atoms with Crippen LogP contribution in [0.15, 0.2) is 18.2 Å². The fourth-order valence-corrected chi connectivity index (χ4v) is 2.70. The van der Waals surface area contributed by atoms with Gasteiger partial charge in [0.15, 0.2) is 0 Å². The van der Waals surface area contributed by atoms with E-state index in [1.807, 2.05) is 0 Å². The second-order valence-electron chi connectivity index (χ2n) is 5.60. The van der Waals surface area contributed by atoms with E-state index in [-0.39, 0.29) is 0 Å². The third-order valence-corrected chi connectivity index (χ3v) is 3.79. The van der Waals surface area contributed by atoms with Crippen molar-refractivity contribution in [2.45, 2.75) is 25.7 Å². The van der Waals surface area contributed by atoms with Crippen molar-refractivity contribution >= 4 is 5.69 Å². The van der Waals surface area contributed by atoms with Crippen molar-refractivity contribution in [2.75, 3.05) is 45.7 Å². The summed E-state index contributed by atoms with van der Waals surface area (Å²) >= 11 is 0. The van der Waals surface area contributed by atoms with Crippen LogP contribution in [0.1, 0.15) is 24.8 Å². The Labute approximate surface area is 117 Å². The predicted octanol–water partition coefficient (Wildman–Crippen LogP) is 2.79. The van der Waals surface area contributed by atoms with E-state index >= 15 is 0 Å². The zero-order chi connectivity index (χ0) is 13.7. The lowest BCUT2D eigenvalue weighted by Crippen LogP contribution is -2.17. The van der Waals surface area contributed by atoms with Gasteiger partial charge in [-0.05, 0) is 58.0 Å². The summed E-state index contributed by atoms with van der Waals surface area (Å²) in [6.07, 6.45) is 4.88. The van der Waals surface area contributed by atoms with Gasteiger partial charge in [0.25, 0.3) is 0 Å². The Kier molecular flexibility index (Phi) is 5.08. The minimum absolute atomic E-state index is 1.04. The highest BCUT2D eigenvalue weighted by Gasteiger charge is 2.14. The van der Waals surface area contributed by atoms with Crippen LogP contribution in [0.4, 0.5) is 5.69 Å². The molecule has 1 aliphatic heterocycles. The maximum absolute atomic E-state index is 5.56. The monoisotopic (exact) mass is 262 g/mol. The molecule has 0 spiro atoms. The summed E-state index contributed by atoms with van der Waals surface area (Å²) in [6, 6.07) is 6.69. The lowest BCUT2D eigenvalue weighted by Gasteiger charge is -2.20. The number of aryl methyl sites for hydroxylation is 1. The van der Waals surface area contributed by atoms with E-state index in [4.69, 9.17) is 4.74 Å². The molecular weight excluding hydrogens is 236 g/mol. The zero-order valence-electron chi connectivity index (χ0n) is 12.5. The quantitative estimate of drug-likeness (QED) is 0.784. The molecule has 106 valence electrons. The molecule has 1 saturated heterocycles. The molecule has 1 fully saturated rings. The normalized spacial score (nSPS) is 15.3. The lowest BCUT2D eigenvalue weighted by molar-refractivity contribution is 0.391. The molecule has 1 heterocycles. The molecule has 0 aliphatic carbocycles. The Morgan fingerprint density at radius 2 is 1.95 bits per heavy atom. The van der Waals surface area contributed by atoms with Crippen LogP contribution in [0.5, 0.6) is 5.75 Å². The summed E-state index contributed by atoms with van der Waals surface area (Å²) in [5.41, 5.74) is 2.64. The molecule has 0 bridgehead atoms. The summed E-state index contributed by atoms with van der Waals surface area (Å²) in [4.78, 5) is 4.68. The average Bonchev–Trinajstić information content (AvgIpc) is 2.92. The van der Waals surface area contributed by atoms with Gasteiger partial charge >= 0.3 is 0 Å².